The van der Waals surface area contributed by atoms with Crippen molar-refractivity contribution in [2.24, 2.45) is 0 Å². The van der Waals surface area contributed by atoms with Gasteiger partial charge in [0.2, 0.25) is 5.88 Å². The Morgan fingerprint density at radius 3 is 2.62 bits per heavy atom. The number of pyridine rings is 2. The molecule has 1 aliphatic rings. The van der Waals surface area contributed by atoms with E-state index in [0.29, 0.717) is 17.2 Å². The van der Waals surface area contributed by atoms with Crippen molar-refractivity contribution >= 4 is 11.6 Å². The lowest BCUT2D eigenvalue weighted by Gasteiger charge is -2.31. The highest BCUT2D eigenvalue weighted by atomic mass is 19.4. The molecule has 1 aromatic carbocycles. The average Bonchev–Trinajstić information content (AvgIpc) is 3.37. The number of aliphatic carboxylic acids is 1. The van der Waals surface area contributed by atoms with Crippen LogP contribution in [-0.4, -0.2) is 69.0 Å². The molecule has 0 saturated carbocycles. The molecule has 1 fully saturated rings. The van der Waals surface area contributed by atoms with Crippen molar-refractivity contribution in [3.63, 3.8) is 0 Å². The summed E-state index contributed by atoms with van der Waals surface area (Å²) in [7, 11) is 3.23. The van der Waals surface area contributed by atoms with Crippen molar-refractivity contribution < 1.29 is 36.9 Å². The molecule has 3 aromatic heterocycles. The first-order valence-corrected chi connectivity index (χ1v) is 12.3. The summed E-state index contributed by atoms with van der Waals surface area (Å²) in [5, 5.41) is 11.9. The number of alkyl halides is 3. The standard InChI is InChI=1S/C25H26FN5O2.C2HF3O2/c1-32-22-9-8-20(26)13-21(22)17-7-10-23-28-24(29-31(23)16-17)18-6-4-12-30(14-18)15-19-5-3-11-27-25(19)33-2;3-2(4,5)1(6)7/h3,5,7-11,13,16,18H,4,6,12,14-15H2,1-2H3;(H,6,7). The Labute approximate surface area is 227 Å². The Hall–Kier alpha value is -4.26. The summed E-state index contributed by atoms with van der Waals surface area (Å²) < 4.78 is 58.2. The van der Waals surface area contributed by atoms with Crippen LogP contribution in [0.15, 0.2) is 54.9 Å². The topological polar surface area (TPSA) is 102 Å². The molecule has 13 heteroatoms. The number of rotatable bonds is 6. The van der Waals surface area contributed by atoms with Crippen LogP contribution in [0, 0.1) is 5.82 Å². The number of carbonyl (C=O) groups is 1. The summed E-state index contributed by atoms with van der Waals surface area (Å²) in [5.41, 5.74) is 3.36. The number of methoxy groups -OCH3 is 2. The summed E-state index contributed by atoms with van der Waals surface area (Å²) in [6.07, 6.45) is 0.663. The maximum Gasteiger partial charge on any atom is 0.490 e. The van der Waals surface area contributed by atoms with Gasteiger partial charge in [0, 0.05) is 48.1 Å². The zero-order chi connectivity index (χ0) is 28.9. The number of halogens is 4. The highest BCUT2D eigenvalue weighted by Gasteiger charge is 2.38. The second kappa shape index (κ2) is 12.3. The minimum atomic E-state index is -5.08. The van der Waals surface area contributed by atoms with Crippen LogP contribution in [0.4, 0.5) is 17.6 Å². The first-order chi connectivity index (χ1) is 19.1. The van der Waals surface area contributed by atoms with Crippen molar-refractivity contribution in [2.75, 3.05) is 27.3 Å². The molecule has 0 aliphatic carbocycles. The van der Waals surface area contributed by atoms with Gasteiger partial charge in [-0.2, -0.15) is 18.3 Å². The first-order valence-electron chi connectivity index (χ1n) is 12.3. The molecule has 212 valence electrons. The van der Waals surface area contributed by atoms with Gasteiger partial charge in [-0.25, -0.2) is 23.7 Å². The molecule has 9 nitrogen and oxygen atoms in total. The van der Waals surface area contributed by atoms with Crippen LogP contribution >= 0.6 is 0 Å². The third-order valence-electron chi connectivity index (χ3n) is 6.37. The van der Waals surface area contributed by atoms with Crippen molar-refractivity contribution in [1.82, 2.24) is 24.5 Å². The van der Waals surface area contributed by atoms with Gasteiger partial charge in [0.15, 0.2) is 11.5 Å². The molecule has 1 atom stereocenters. The fraction of sp³-hybridized carbons (Fsp3) is 0.333. The lowest BCUT2D eigenvalue weighted by molar-refractivity contribution is -0.192. The summed E-state index contributed by atoms with van der Waals surface area (Å²) in [6, 6.07) is 12.3. The van der Waals surface area contributed by atoms with Crippen molar-refractivity contribution in [1.29, 1.82) is 0 Å². The summed E-state index contributed by atoms with van der Waals surface area (Å²) in [6.45, 7) is 2.68. The highest BCUT2D eigenvalue weighted by Crippen LogP contribution is 2.32. The fourth-order valence-electron chi connectivity index (χ4n) is 4.52. The maximum atomic E-state index is 13.9. The second-order valence-corrected chi connectivity index (χ2v) is 9.08. The lowest BCUT2D eigenvalue weighted by Crippen LogP contribution is -2.34. The second-order valence-electron chi connectivity index (χ2n) is 9.08. The van der Waals surface area contributed by atoms with Crippen molar-refractivity contribution in [3.05, 3.63) is 72.1 Å². The molecule has 1 saturated heterocycles. The molecule has 4 aromatic rings. The van der Waals surface area contributed by atoms with Gasteiger partial charge in [0.25, 0.3) is 0 Å². The minimum Gasteiger partial charge on any atom is -0.496 e. The molecule has 1 unspecified atom stereocenters. The molecule has 40 heavy (non-hydrogen) atoms. The molecular weight excluding hydrogens is 534 g/mol. The van der Waals surface area contributed by atoms with Gasteiger partial charge in [-0.15, -0.1) is 0 Å². The number of fused-ring (bicyclic) bond motifs is 1. The molecule has 1 N–H and O–H groups in total. The molecule has 0 radical (unpaired) electrons. The molecule has 0 spiro atoms. The predicted octanol–water partition coefficient (Wildman–Crippen LogP) is 4.96. The van der Waals surface area contributed by atoms with E-state index in [9.17, 15) is 17.6 Å². The number of hydrogen-bond donors (Lipinski definition) is 1. The van der Waals surface area contributed by atoms with E-state index < -0.39 is 12.1 Å². The van der Waals surface area contributed by atoms with Crippen LogP contribution in [0.2, 0.25) is 0 Å². The van der Waals surface area contributed by atoms with Crippen LogP contribution in [0.1, 0.15) is 30.1 Å². The number of nitrogens with zero attached hydrogens (tertiary/aromatic N) is 5. The van der Waals surface area contributed by atoms with E-state index in [1.807, 2.05) is 24.4 Å². The monoisotopic (exact) mass is 561 g/mol. The fourth-order valence-corrected chi connectivity index (χ4v) is 4.52. The van der Waals surface area contributed by atoms with Gasteiger partial charge in [-0.05, 0) is 55.8 Å². The molecule has 1 aliphatic heterocycles. The quantitative estimate of drug-likeness (QED) is 0.330. The van der Waals surface area contributed by atoms with Gasteiger partial charge in [-0.1, -0.05) is 6.07 Å². The number of ether oxygens (including phenoxy) is 2. The number of carboxylic acid groups (broad SMARTS) is 1. The van der Waals surface area contributed by atoms with Crippen molar-refractivity contribution in [3.8, 4) is 22.8 Å². The van der Waals surface area contributed by atoms with Crippen molar-refractivity contribution in [2.45, 2.75) is 31.5 Å². The number of carboxylic acids is 1. The normalized spacial score (nSPS) is 15.8. The Morgan fingerprint density at radius 2 is 1.93 bits per heavy atom. The van der Waals surface area contributed by atoms with Crippen LogP contribution in [0.5, 0.6) is 11.6 Å². The van der Waals surface area contributed by atoms with Gasteiger partial charge in [-0.3, -0.25) is 4.90 Å². The van der Waals surface area contributed by atoms with E-state index >= 15 is 0 Å². The van der Waals surface area contributed by atoms with E-state index in [1.165, 1.54) is 12.1 Å². The number of hydrogen-bond acceptors (Lipinski definition) is 7. The lowest BCUT2D eigenvalue weighted by atomic mass is 9.97. The summed E-state index contributed by atoms with van der Waals surface area (Å²) >= 11 is 0. The smallest absolute Gasteiger partial charge is 0.490 e. The van der Waals surface area contributed by atoms with E-state index in [-0.39, 0.29) is 11.7 Å². The largest absolute Gasteiger partial charge is 0.496 e. The van der Waals surface area contributed by atoms with E-state index in [0.717, 1.165) is 55.1 Å². The van der Waals surface area contributed by atoms with E-state index in [1.54, 1.807) is 31.0 Å². The highest BCUT2D eigenvalue weighted by molar-refractivity contribution is 5.73. The maximum absolute atomic E-state index is 13.9. The van der Waals surface area contributed by atoms with E-state index in [2.05, 4.69) is 16.0 Å². The number of piperidine rings is 1. The molecule has 0 bridgehead atoms. The number of benzene rings is 1. The first kappa shape index (κ1) is 28.7. The predicted molar refractivity (Wildman–Crippen MR) is 137 cm³/mol. The Morgan fingerprint density at radius 1 is 1.15 bits per heavy atom. The molecule has 0 amide bonds. The summed E-state index contributed by atoms with van der Waals surface area (Å²) in [4.78, 5) is 20.4. The molecule has 5 rings (SSSR count). The van der Waals surface area contributed by atoms with Crippen LogP contribution in [0.3, 0.4) is 0 Å². The SMILES string of the molecule is COc1ccc(F)cc1-c1ccc2nc(C3CCCN(Cc4cccnc4OC)C3)nn2c1.O=C(O)C(F)(F)F. The average molecular weight is 562 g/mol. The number of likely N-dealkylation sites (tertiary alicyclic amines) is 1. The molecular formula is C27H27F4N5O4. The number of aromatic nitrogens is 4. The molecule has 4 heterocycles. The zero-order valence-corrected chi connectivity index (χ0v) is 21.7. The van der Waals surface area contributed by atoms with Crippen LogP contribution in [0.25, 0.3) is 16.8 Å². The van der Waals surface area contributed by atoms with Crippen LogP contribution < -0.4 is 9.47 Å². The van der Waals surface area contributed by atoms with E-state index in [4.69, 9.17) is 29.5 Å². The Balaban J connectivity index is 0.000000470. The minimum absolute atomic E-state index is 0.244. The summed E-state index contributed by atoms with van der Waals surface area (Å²) in [5.74, 6) is -0.699. The van der Waals surface area contributed by atoms with Gasteiger partial charge in [0.1, 0.15) is 11.6 Å². The van der Waals surface area contributed by atoms with Gasteiger partial charge in [0.05, 0.1) is 14.2 Å². The third-order valence-corrected chi connectivity index (χ3v) is 6.37. The zero-order valence-electron chi connectivity index (χ0n) is 21.7. The Kier molecular flexibility index (Phi) is 8.83. The third kappa shape index (κ3) is 6.84. The Bertz CT molecular complexity index is 1480. The van der Waals surface area contributed by atoms with Gasteiger partial charge >= 0.3 is 12.1 Å². The van der Waals surface area contributed by atoms with Crippen LogP contribution in [-0.2, 0) is 11.3 Å². The van der Waals surface area contributed by atoms with Gasteiger partial charge < -0.3 is 14.6 Å².